The third-order valence-corrected chi connectivity index (χ3v) is 3.85. The van der Waals surface area contributed by atoms with Crippen LogP contribution in [0.1, 0.15) is 26.7 Å². The van der Waals surface area contributed by atoms with Crippen molar-refractivity contribution >= 4 is 5.78 Å². The van der Waals surface area contributed by atoms with Crippen molar-refractivity contribution in [2.75, 3.05) is 0 Å². The molecule has 0 aromatic rings. The zero-order valence-electron chi connectivity index (χ0n) is 11.0. The lowest BCUT2D eigenvalue weighted by Crippen LogP contribution is -2.46. The first-order chi connectivity index (χ1) is 8.87. The number of aliphatic hydroxyl groups is 2. The Hall–Kier alpha value is -1.81. The van der Waals surface area contributed by atoms with Crippen LogP contribution in [0.3, 0.4) is 0 Å². The second-order valence-corrected chi connectivity index (χ2v) is 5.35. The molecule has 0 fully saturated rings. The predicted molar refractivity (Wildman–Crippen MR) is 71.8 cm³/mol. The van der Waals surface area contributed by atoms with Crippen molar-refractivity contribution in [3.63, 3.8) is 0 Å². The Balaban J connectivity index is 2.68. The summed E-state index contributed by atoms with van der Waals surface area (Å²) in [6.07, 6.45) is 3.85. The van der Waals surface area contributed by atoms with E-state index in [-0.39, 0.29) is 18.6 Å². The van der Waals surface area contributed by atoms with Gasteiger partial charge in [-0.2, -0.15) is 0 Å². The number of carbonyl (C=O) groups is 1. The number of rotatable bonds is 0. The van der Waals surface area contributed by atoms with Gasteiger partial charge in [-0.25, -0.2) is 0 Å². The standard InChI is InChI=1S/C16H16O3/c1-15(2)13-11-12(17)8-10-16(15,19)9-6-4-3-5-7-14(13)18/h3-4,11,14,18-19H,8,10H2,1-2H3/b4-3-/t14-,16+/m1/s1. The van der Waals surface area contributed by atoms with Gasteiger partial charge < -0.3 is 10.2 Å². The van der Waals surface area contributed by atoms with Gasteiger partial charge >= 0.3 is 0 Å². The first-order valence-corrected chi connectivity index (χ1v) is 6.21. The maximum atomic E-state index is 11.8. The lowest BCUT2D eigenvalue weighted by Gasteiger charge is -2.40. The molecule has 0 radical (unpaired) electrons. The van der Waals surface area contributed by atoms with Gasteiger partial charge in [-0.05, 0) is 30.2 Å². The largest absolute Gasteiger partial charge is 0.377 e. The highest BCUT2D eigenvalue weighted by Crippen LogP contribution is 2.44. The van der Waals surface area contributed by atoms with Crippen LogP contribution in [0.15, 0.2) is 23.8 Å². The molecule has 0 unspecified atom stereocenters. The molecule has 0 aliphatic heterocycles. The average Bonchev–Trinajstić information content (AvgIpc) is 2.43. The molecular weight excluding hydrogens is 240 g/mol. The summed E-state index contributed by atoms with van der Waals surface area (Å²) in [7, 11) is 0. The molecule has 0 saturated heterocycles. The van der Waals surface area contributed by atoms with Crippen LogP contribution in [0.4, 0.5) is 0 Å². The molecule has 2 aliphatic rings. The molecule has 0 aromatic heterocycles. The first-order valence-electron chi connectivity index (χ1n) is 6.21. The molecule has 2 rings (SSSR count). The Bertz CT molecular complexity index is 587. The lowest BCUT2D eigenvalue weighted by atomic mass is 9.67. The maximum absolute atomic E-state index is 11.8. The number of hydrogen-bond acceptors (Lipinski definition) is 3. The van der Waals surface area contributed by atoms with Crippen molar-refractivity contribution in [3.8, 4) is 23.7 Å². The van der Waals surface area contributed by atoms with Gasteiger partial charge in [-0.3, -0.25) is 4.79 Å². The van der Waals surface area contributed by atoms with Gasteiger partial charge in [0.25, 0.3) is 0 Å². The number of carbonyl (C=O) groups excluding carboxylic acids is 1. The molecule has 19 heavy (non-hydrogen) atoms. The molecular formula is C16H16O3. The SMILES string of the molecule is CC1(C)C2=CC(=O)CC[C@@]1(O)C#C/C=C\C#C[C@H]2O. The van der Waals surface area contributed by atoms with Crippen LogP contribution in [0.5, 0.6) is 0 Å². The van der Waals surface area contributed by atoms with Crippen molar-refractivity contribution in [2.24, 2.45) is 5.41 Å². The Kier molecular flexibility index (Phi) is 3.37. The molecule has 0 aromatic carbocycles. The van der Waals surface area contributed by atoms with E-state index in [0.717, 1.165) is 0 Å². The molecule has 98 valence electrons. The highest BCUT2D eigenvalue weighted by atomic mass is 16.3. The topological polar surface area (TPSA) is 57.5 Å². The molecule has 0 saturated carbocycles. The van der Waals surface area contributed by atoms with E-state index in [4.69, 9.17) is 0 Å². The van der Waals surface area contributed by atoms with E-state index in [1.807, 2.05) is 0 Å². The fourth-order valence-corrected chi connectivity index (χ4v) is 2.37. The molecule has 3 nitrogen and oxygen atoms in total. The Labute approximate surface area is 113 Å². The van der Waals surface area contributed by atoms with Crippen molar-refractivity contribution in [2.45, 2.75) is 38.4 Å². The molecule has 2 N–H and O–H groups in total. The summed E-state index contributed by atoms with van der Waals surface area (Å²) in [5, 5.41) is 21.0. The van der Waals surface area contributed by atoms with Crippen LogP contribution in [0.25, 0.3) is 0 Å². The lowest BCUT2D eigenvalue weighted by molar-refractivity contribution is -0.115. The predicted octanol–water partition coefficient (Wildman–Crippen LogP) is 0.970. The minimum Gasteiger partial charge on any atom is -0.377 e. The summed E-state index contributed by atoms with van der Waals surface area (Å²) < 4.78 is 0. The second-order valence-electron chi connectivity index (χ2n) is 5.35. The van der Waals surface area contributed by atoms with E-state index in [0.29, 0.717) is 5.57 Å². The minimum atomic E-state index is -1.35. The van der Waals surface area contributed by atoms with Crippen LogP contribution in [0, 0.1) is 29.1 Å². The van der Waals surface area contributed by atoms with Crippen molar-refractivity contribution in [1.29, 1.82) is 0 Å². The Morgan fingerprint density at radius 1 is 1.32 bits per heavy atom. The Morgan fingerprint density at radius 3 is 2.74 bits per heavy atom. The van der Waals surface area contributed by atoms with E-state index in [1.54, 1.807) is 13.8 Å². The van der Waals surface area contributed by atoms with Gasteiger partial charge in [0, 0.05) is 11.8 Å². The molecule has 2 atom stereocenters. The van der Waals surface area contributed by atoms with Crippen molar-refractivity contribution < 1.29 is 15.0 Å². The van der Waals surface area contributed by atoms with Crippen LogP contribution in [-0.4, -0.2) is 27.7 Å². The summed E-state index contributed by atoms with van der Waals surface area (Å²) in [6, 6.07) is 0. The summed E-state index contributed by atoms with van der Waals surface area (Å²) >= 11 is 0. The van der Waals surface area contributed by atoms with Crippen LogP contribution in [0.2, 0.25) is 0 Å². The monoisotopic (exact) mass is 256 g/mol. The molecule has 0 heterocycles. The fourth-order valence-electron chi connectivity index (χ4n) is 2.37. The molecule has 3 heteroatoms. The van der Waals surface area contributed by atoms with E-state index in [2.05, 4.69) is 23.7 Å². The zero-order valence-corrected chi connectivity index (χ0v) is 11.0. The van der Waals surface area contributed by atoms with E-state index < -0.39 is 17.1 Å². The summed E-state index contributed by atoms with van der Waals surface area (Å²) in [4.78, 5) is 11.8. The van der Waals surface area contributed by atoms with Gasteiger partial charge in [-0.1, -0.05) is 37.5 Å². The highest BCUT2D eigenvalue weighted by molar-refractivity contribution is 5.91. The second kappa shape index (κ2) is 4.70. The number of hydrogen-bond donors (Lipinski definition) is 2. The van der Waals surface area contributed by atoms with Gasteiger partial charge in [0.1, 0.15) is 11.7 Å². The fraction of sp³-hybridized carbons (Fsp3) is 0.438. The summed E-state index contributed by atoms with van der Waals surface area (Å²) in [5.41, 5.74) is -1.77. The van der Waals surface area contributed by atoms with Gasteiger partial charge in [0.05, 0.1) is 0 Å². The first kappa shape index (κ1) is 13.6. The van der Waals surface area contributed by atoms with E-state index >= 15 is 0 Å². The van der Waals surface area contributed by atoms with Crippen LogP contribution >= 0.6 is 0 Å². The van der Waals surface area contributed by atoms with E-state index in [9.17, 15) is 15.0 Å². The van der Waals surface area contributed by atoms with E-state index in [1.165, 1.54) is 18.2 Å². The third-order valence-electron chi connectivity index (χ3n) is 3.85. The third kappa shape index (κ3) is 2.36. The summed E-state index contributed by atoms with van der Waals surface area (Å²) in [6.45, 7) is 3.56. The van der Waals surface area contributed by atoms with Crippen molar-refractivity contribution in [1.82, 2.24) is 0 Å². The molecule has 0 amide bonds. The number of ketones is 1. The van der Waals surface area contributed by atoms with Crippen LogP contribution < -0.4 is 0 Å². The number of fused-ring (bicyclic) bond motifs is 2. The average molecular weight is 256 g/mol. The summed E-state index contributed by atoms with van der Waals surface area (Å²) in [5.74, 6) is 10.8. The van der Waals surface area contributed by atoms with Gasteiger partial charge in [0.15, 0.2) is 5.78 Å². The van der Waals surface area contributed by atoms with Crippen molar-refractivity contribution in [3.05, 3.63) is 23.8 Å². The van der Waals surface area contributed by atoms with Crippen LogP contribution in [-0.2, 0) is 4.79 Å². The minimum absolute atomic E-state index is 0.117. The molecule has 2 bridgehead atoms. The Morgan fingerprint density at radius 2 is 2.00 bits per heavy atom. The van der Waals surface area contributed by atoms with Gasteiger partial charge in [-0.15, -0.1) is 0 Å². The zero-order chi connectivity index (χ0) is 14.1. The highest BCUT2D eigenvalue weighted by Gasteiger charge is 2.48. The smallest absolute Gasteiger partial charge is 0.155 e. The number of aliphatic hydroxyl groups excluding tert-OH is 1. The normalized spacial score (nSPS) is 33.8. The van der Waals surface area contributed by atoms with Gasteiger partial charge in [0.2, 0.25) is 0 Å². The maximum Gasteiger partial charge on any atom is 0.155 e. The molecule has 2 aliphatic carbocycles. The molecule has 0 spiro atoms. The number of allylic oxidation sites excluding steroid dienone is 3. The quantitative estimate of drug-likeness (QED) is 0.635.